The van der Waals surface area contributed by atoms with E-state index in [-0.39, 0.29) is 30.3 Å². The second-order valence-corrected chi connectivity index (χ2v) is 6.37. The highest BCUT2D eigenvalue weighted by Crippen LogP contribution is 2.27. The topological polar surface area (TPSA) is 62.1 Å². The number of benzene rings is 1. The molecular formula is C15H17ClIN3O. The molecule has 0 bridgehead atoms. The molecule has 1 saturated heterocycles. The minimum atomic E-state index is -0.00427. The quantitative estimate of drug-likeness (QED) is 0.738. The molecule has 1 fully saturated rings. The van der Waals surface area contributed by atoms with Crippen LogP contribution in [0.25, 0.3) is 0 Å². The van der Waals surface area contributed by atoms with Gasteiger partial charge in [-0.3, -0.25) is 4.79 Å². The smallest absolute Gasteiger partial charge is 0.270 e. The summed E-state index contributed by atoms with van der Waals surface area (Å²) in [6.07, 6.45) is 1.83. The molecule has 0 radical (unpaired) electrons. The number of H-pyrrole nitrogens is 1. The van der Waals surface area contributed by atoms with Gasteiger partial charge in [0, 0.05) is 34.8 Å². The fraction of sp³-hybridized carbons (Fsp3) is 0.267. The average molecular weight is 418 g/mol. The lowest BCUT2D eigenvalue weighted by Gasteiger charge is -2.15. The number of rotatable bonds is 2. The molecule has 1 aromatic carbocycles. The van der Waals surface area contributed by atoms with Crippen LogP contribution in [0.3, 0.4) is 0 Å². The van der Waals surface area contributed by atoms with Crippen LogP contribution in [0.4, 0.5) is 0 Å². The molecule has 2 heterocycles. The molecule has 0 unspecified atom stereocenters. The maximum atomic E-state index is 12.4. The predicted molar refractivity (Wildman–Crippen MR) is 93.8 cm³/mol. The van der Waals surface area contributed by atoms with Gasteiger partial charge in [-0.05, 0) is 34.2 Å². The lowest BCUT2D eigenvalue weighted by Crippen LogP contribution is -2.32. The number of nitrogens with one attached hydrogen (secondary N) is 1. The van der Waals surface area contributed by atoms with Gasteiger partial charge in [0.2, 0.25) is 0 Å². The Morgan fingerprint density at radius 1 is 1.29 bits per heavy atom. The molecule has 6 heteroatoms. The van der Waals surface area contributed by atoms with Crippen molar-refractivity contribution in [3.8, 4) is 0 Å². The molecule has 1 amide bonds. The highest BCUT2D eigenvalue weighted by molar-refractivity contribution is 14.1. The van der Waals surface area contributed by atoms with E-state index in [1.807, 2.05) is 35.4 Å². The van der Waals surface area contributed by atoms with Gasteiger partial charge in [-0.1, -0.05) is 30.3 Å². The van der Waals surface area contributed by atoms with Crippen LogP contribution in [0.1, 0.15) is 22.0 Å². The van der Waals surface area contributed by atoms with E-state index >= 15 is 0 Å². The normalized spacial score (nSPS) is 21.1. The summed E-state index contributed by atoms with van der Waals surface area (Å²) in [5.41, 5.74) is 8.06. The number of carbonyl (C=O) groups is 1. The SMILES string of the molecule is Cl.N[C@@H]1CN(C(=O)c2cc(I)c[nH]2)C[C@H]1c1ccccc1. The molecule has 2 atom stereocenters. The maximum Gasteiger partial charge on any atom is 0.270 e. The standard InChI is InChI=1S/C15H16IN3O.ClH/c16-11-6-14(18-7-11)15(20)19-8-12(13(17)9-19)10-4-2-1-3-5-10;/h1-7,12-13,18H,8-9,17H2;1H/t12-,13+;/m0./s1. The van der Waals surface area contributed by atoms with Crippen molar-refractivity contribution in [2.45, 2.75) is 12.0 Å². The lowest BCUT2D eigenvalue weighted by atomic mass is 9.95. The third kappa shape index (κ3) is 3.41. The Labute approximate surface area is 143 Å². The maximum absolute atomic E-state index is 12.4. The molecule has 3 rings (SSSR count). The summed E-state index contributed by atoms with van der Waals surface area (Å²) in [7, 11) is 0. The van der Waals surface area contributed by atoms with Crippen molar-refractivity contribution in [1.82, 2.24) is 9.88 Å². The zero-order valence-electron chi connectivity index (χ0n) is 11.3. The Balaban J connectivity index is 0.00000161. The fourth-order valence-corrected chi connectivity index (χ4v) is 3.18. The van der Waals surface area contributed by atoms with E-state index in [1.165, 1.54) is 5.56 Å². The number of likely N-dealkylation sites (tertiary alicyclic amines) is 1. The number of halogens is 2. The monoisotopic (exact) mass is 417 g/mol. The van der Waals surface area contributed by atoms with Gasteiger partial charge in [0.1, 0.15) is 5.69 Å². The van der Waals surface area contributed by atoms with Crippen LogP contribution in [0.2, 0.25) is 0 Å². The Bertz CT molecular complexity index is 616. The molecular weight excluding hydrogens is 401 g/mol. The summed E-state index contributed by atoms with van der Waals surface area (Å²) >= 11 is 2.19. The van der Waals surface area contributed by atoms with Gasteiger partial charge in [0.15, 0.2) is 0 Å². The summed E-state index contributed by atoms with van der Waals surface area (Å²) in [6.45, 7) is 1.29. The number of nitrogens with two attached hydrogens (primary N) is 1. The third-order valence-electron chi connectivity index (χ3n) is 3.76. The Hall–Kier alpha value is -1.05. The van der Waals surface area contributed by atoms with Crippen molar-refractivity contribution in [2.24, 2.45) is 5.73 Å². The van der Waals surface area contributed by atoms with Gasteiger partial charge in [-0.25, -0.2) is 0 Å². The van der Waals surface area contributed by atoms with Crippen LogP contribution in [-0.2, 0) is 0 Å². The zero-order valence-corrected chi connectivity index (χ0v) is 14.3. The van der Waals surface area contributed by atoms with Gasteiger partial charge >= 0.3 is 0 Å². The first-order valence-electron chi connectivity index (χ1n) is 6.59. The molecule has 1 aliphatic heterocycles. The molecule has 112 valence electrons. The Kier molecular flexibility index (Phi) is 5.29. The highest BCUT2D eigenvalue weighted by atomic mass is 127. The van der Waals surface area contributed by atoms with E-state index in [0.29, 0.717) is 18.8 Å². The van der Waals surface area contributed by atoms with Crippen LogP contribution >= 0.6 is 35.0 Å². The van der Waals surface area contributed by atoms with Crippen LogP contribution in [0, 0.1) is 3.57 Å². The van der Waals surface area contributed by atoms with E-state index in [9.17, 15) is 4.79 Å². The second-order valence-electron chi connectivity index (χ2n) is 5.12. The van der Waals surface area contributed by atoms with E-state index in [1.54, 1.807) is 0 Å². The number of nitrogens with zero attached hydrogens (tertiary/aromatic N) is 1. The number of aromatic amines is 1. The molecule has 1 aliphatic rings. The lowest BCUT2D eigenvalue weighted by molar-refractivity contribution is 0.0784. The van der Waals surface area contributed by atoms with Crippen molar-refractivity contribution in [2.75, 3.05) is 13.1 Å². The first-order valence-corrected chi connectivity index (χ1v) is 7.67. The summed E-state index contributed by atoms with van der Waals surface area (Å²) in [6, 6.07) is 12.0. The average Bonchev–Trinajstić information content (AvgIpc) is 3.05. The Morgan fingerprint density at radius 3 is 2.62 bits per heavy atom. The fourth-order valence-electron chi connectivity index (χ4n) is 2.71. The minimum Gasteiger partial charge on any atom is -0.356 e. The second kappa shape index (κ2) is 6.81. The summed E-state index contributed by atoms with van der Waals surface area (Å²) in [5.74, 6) is 0.246. The molecule has 0 spiro atoms. The summed E-state index contributed by atoms with van der Waals surface area (Å²) < 4.78 is 1.04. The van der Waals surface area contributed by atoms with Crippen LogP contribution in [0.15, 0.2) is 42.6 Å². The molecule has 2 aromatic rings. The van der Waals surface area contributed by atoms with Crippen molar-refractivity contribution < 1.29 is 4.79 Å². The Morgan fingerprint density at radius 2 is 2.00 bits per heavy atom. The molecule has 0 aliphatic carbocycles. The van der Waals surface area contributed by atoms with Crippen molar-refractivity contribution in [1.29, 1.82) is 0 Å². The third-order valence-corrected chi connectivity index (χ3v) is 4.38. The zero-order chi connectivity index (χ0) is 14.1. The first kappa shape index (κ1) is 16.3. The number of hydrogen-bond donors (Lipinski definition) is 2. The minimum absolute atomic E-state index is 0. The number of hydrogen-bond acceptors (Lipinski definition) is 2. The van der Waals surface area contributed by atoms with Crippen LogP contribution in [0.5, 0.6) is 0 Å². The van der Waals surface area contributed by atoms with Crippen molar-refractivity contribution in [3.05, 3.63) is 57.4 Å². The molecule has 4 nitrogen and oxygen atoms in total. The van der Waals surface area contributed by atoms with Gasteiger partial charge in [-0.15, -0.1) is 12.4 Å². The predicted octanol–water partition coefficient (Wildman–Crippen LogP) is 2.61. The summed E-state index contributed by atoms with van der Waals surface area (Å²) in [5, 5.41) is 0. The molecule has 0 saturated carbocycles. The number of aromatic nitrogens is 1. The number of carbonyl (C=O) groups excluding carboxylic acids is 1. The highest BCUT2D eigenvalue weighted by Gasteiger charge is 2.34. The van der Waals surface area contributed by atoms with Crippen LogP contribution < -0.4 is 5.73 Å². The number of amides is 1. The van der Waals surface area contributed by atoms with Gasteiger partial charge < -0.3 is 15.6 Å². The molecule has 1 aromatic heterocycles. The van der Waals surface area contributed by atoms with Crippen LogP contribution in [-0.4, -0.2) is 34.9 Å². The molecule has 3 N–H and O–H groups in total. The van der Waals surface area contributed by atoms with E-state index in [2.05, 4.69) is 39.7 Å². The largest absolute Gasteiger partial charge is 0.356 e. The van der Waals surface area contributed by atoms with Gasteiger partial charge in [-0.2, -0.15) is 0 Å². The van der Waals surface area contributed by atoms with Gasteiger partial charge in [0.05, 0.1) is 0 Å². The van der Waals surface area contributed by atoms with Gasteiger partial charge in [0.25, 0.3) is 5.91 Å². The van der Waals surface area contributed by atoms with E-state index in [4.69, 9.17) is 5.73 Å². The first-order chi connectivity index (χ1) is 9.65. The van der Waals surface area contributed by atoms with Crippen molar-refractivity contribution in [3.63, 3.8) is 0 Å². The summed E-state index contributed by atoms with van der Waals surface area (Å²) in [4.78, 5) is 17.3. The molecule has 21 heavy (non-hydrogen) atoms. The van der Waals surface area contributed by atoms with E-state index < -0.39 is 0 Å². The van der Waals surface area contributed by atoms with Crippen molar-refractivity contribution >= 4 is 40.9 Å². The van der Waals surface area contributed by atoms with E-state index in [0.717, 1.165) is 3.57 Å².